The van der Waals surface area contributed by atoms with E-state index in [0.717, 1.165) is 23.2 Å². The van der Waals surface area contributed by atoms with Crippen LogP contribution in [-0.2, 0) is 16.0 Å². The summed E-state index contributed by atoms with van der Waals surface area (Å²) in [5.41, 5.74) is 1.66. The Morgan fingerprint density at radius 3 is 2.81 bits per heavy atom. The van der Waals surface area contributed by atoms with Crippen molar-refractivity contribution in [3.8, 4) is 0 Å². The number of carbonyl (C=O) groups is 3. The minimum Gasteiger partial charge on any atom is -0.467 e. The number of fused-ring (bicyclic) bond motifs is 1. The zero-order valence-electron chi connectivity index (χ0n) is 19.6. The summed E-state index contributed by atoms with van der Waals surface area (Å²) < 4.78 is 10.6. The maximum Gasteiger partial charge on any atom is 0.328 e. The Kier molecular flexibility index (Phi) is 6.81. The Balaban J connectivity index is 1.19. The monoisotopic (exact) mass is 507 g/mol. The Labute approximate surface area is 210 Å². The highest BCUT2D eigenvalue weighted by Gasteiger charge is 2.29. The second-order valence-corrected chi connectivity index (χ2v) is 9.51. The number of furan rings is 1. The second-order valence-electron chi connectivity index (χ2n) is 8.62. The average Bonchev–Trinajstić information content (AvgIpc) is 3.68. The lowest BCUT2D eigenvalue weighted by molar-refractivity contribution is -0.142. The van der Waals surface area contributed by atoms with Gasteiger partial charge in [-0.25, -0.2) is 14.8 Å². The van der Waals surface area contributed by atoms with Crippen molar-refractivity contribution >= 4 is 40.1 Å². The number of carbonyl (C=O) groups excluding carboxylic acids is 3. The van der Waals surface area contributed by atoms with E-state index in [1.807, 2.05) is 24.3 Å². The molecule has 0 radical (unpaired) electrons. The molecule has 4 aromatic rings. The number of ether oxygens (including phenoxy) is 1. The lowest BCUT2D eigenvalue weighted by Crippen LogP contribution is -2.43. The van der Waals surface area contributed by atoms with Gasteiger partial charge in [-0.05, 0) is 25.0 Å². The third-order valence-corrected chi connectivity index (χ3v) is 7.30. The molecular weight excluding hydrogens is 482 g/mol. The molecule has 1 fully saturated rings. The SMILES string of the molecule is COC(=O)C(Cc1cnc[nH]1)NC(=O)c1csc(C2CCN(C(=O)c3cc4ccccc4o3)CC2)n1. The number of para-hydroxylation sites is 1. The quantitative estimate of drug-likeness (QED) is 0.368. The van der Waals surface area contributed by atoms with Crippen LogP contribution in [0.15, 0.2) is 52.7 Å². The number of H-pyrrole nitrogens is 1. The van der Waals surface area contributed by atoms with E-state index in [1.54, 1.807) is 22.5 Å². The van der Waals surface area contributed by atoms with Gasteiger partial charge in [-0.3, -0.25) is 9.59 Å². The number of hydrogen-bond acceptors (Lipinski definition) is 8. The van der Waals surface area contributed by atoms with E-state index >= 15 is 0 Å². The summed E-state index contributed by atoms with van der Waals surface area (Å²) >= 11 is 1.41. The highest BCUT2D eigenvalue weighted by atomic mass is 32.1. The van der Waals surface area contributed by atoms with E-state index in [-0.39, 0.29) is 23.9 Å². The Bertz CT molecular complexity index is 1340. The maximum absolute atomic E-state index is 12.9. The zero-order chi connectivity index (χ0) is 25.1. The Hall–Kier alpha value is -3.99. The maximum atomic E-state index is 12.9. The summed E-state index contributed by atoms with van der Waals surface area (Å²) in [6.45, 7) is 1.16. The van der Waals surface area contributed by atoms with Crippen molar-refractivity contribution in [2.75, 3.05) is 20.2 Å². The van der Waals surface area contributed by atoms with Gasteiger partial charge in [0.2, 0.25) is 0 Å². The first-order valence-corrected chi connectivity index (χ1v) is 12.5. The molecule has 1 unspecified atom stereocenters. The van der Waals surface area contributed by atoms with Gasteiger partial charge in [-0.1, -0.05) is 18.2 Å². The highest BCUT2D eigenvalue weighted by molar-refractivity contribution is 7.09. The molecule has 1 aromatic carbocycles. The lowest BCUT2D eigenvalue weighted by Gasteiger charge is -2.30. The number of thiazole rings is 1. The molecule has 2 N–H and O–H groups in total. The number of imidazole rings is 1. The number of methoxy groups -OCH3 is 1. The number of piperidine rings is 1. The van der Waals surface area contributed by atoms with Crippen molar-refractivity contribution in [3.63, 3.8) is 0 Å². The number of aromatic amines is 1. The molecule has 36 heavy (non-hydrogen) atoms. The van der Waals surface area contributed by atoms with Crippen molar-refractivity contribution < 1.29 is 23.5 Å². The number of likely N-dealkylation sites (tertiary alicyclic amines) is 1. The molecule has 3 aromatic heterocycles. The van der Waals surface area contributed by atoms with E-state index in [0.29, 0.717) is 30.1 Å². The van der Waals surface area contributed by atoms with Crippen molar-refractivity contribution in [2.24, 2.45) is 0 Å². The fraction of sp³-hybridized carbons (Fsp3) is 0.320. The molecule has 186 valence electrons. The van der Waals surface area contributed by atoms with Crippen LogP contribution in [0.2, 0.25) is 0 Å². The lowest BCUT2D eigenvalue weighted by atomic mass is 9.97. The average molecular weight is 508 g/mol. The van der Waals surface area contributed by atoms with Gasteiger partial charge in [-0.2, -0.15) is 0 Å². The fourth-order valence-electron chi connectivity index (χ4n) is 4.34. The highest BCUT2D eigenvalue weighted by Crippen LogP contribution is 2.31. The molecule has 0 saturated carbocycles. The normalized spacial score (nSPS) is 15.1. The number of amides is 2. The number of hydrogen-bond donors (Lipinski definition) is 2. The molecule has 1 saturated heterocycles. The van der Waals surface area contributed by atoms with Gasteiger partial charge < -0.3 is 24.4 Å². The van der Waals surface area contributed by atoms with E-state index in [2.05, 4.69) is 20.3 Å². The molecule has 0 bridgehead atoms. The molecule has 5 rings (SSSR count). The van der Waals surface area contributed by atoms with Crippen molar-refractivity contribution in [2.45, 2.75) is 31.2 Å². The first-order valence-electron chi connectivity index (χ1n) is 11.6. The van der Waals surface area contributed by atoms with Crippen LogP contribution < -0.4 is 5.32 Å². The second kappa shape index (κ2) is 10.3. The summed E-state index contributed by atoms with van der Waals surface area (Å²) in [7, 11) is 1.28. The van der Waals surface area contributed by atoms with Crippen LogP contribution in [0.3, 0.4) is 0 Å². The van der Waals surface area contributed by atoms with Gasteiger partial charge in [0, 0.05) is 48.1 Å². The smallest absolute Gasteiger partial charge is 0.328 e. The van der Waals surface area contributed by atoms with Gasteiger partial charge >= 0.3 is 5.97 Å². The molecule has 0 aliphatic carbocycles. The first-order chi connectivity index (χ1) is 17.5. The topological polar surface area (TPSA) is 130 Å². The number of nitrogens with zero attached hydrogens (tertiary/aromatic N) is 3. The number of esters is 1. The summed E-state index contributed by atoms with van der Waals surface area (Å²) in [5.74, 6) is -0.606. The Morgan fingerprint density at radius 1 is 1.28 bits per heavy atom. The third-order valence-electron chi connectivity index (χ3n) is 6.29. The standard InChI is InChI=1S/C25H25N5O5S/c1-34-25(33)18(11-17-12-26-14-27-17)28-22(31)19-13-36-23(29-19)15-6-8-30(9-7-15)24(32)21-10-16-4-2-3-5-20(16)35-21/h2-5,10,12-15,18H,6-9,11H2,1H3,(H,26,27)(H,28,31). The summed E-state index contributed by atoms with van der Waals surface area (Å²) in [4.78, 5) is 51.1. The molecule has 10 nitrogen and oxygen atoms in total. The zero-order valence-corrected chi connectivity index (χ0v) is 20.4. The van der Waals surface area contributed by atoms with E-state index in [9.17, 15) is 14.4 Å². The van der Waals surface area contributed by atoms with Crippen LogP contribution in [0.5, 0.6) is 0 Å². The molecule has 1 aliphatic rings. The molecule has 2 amide bonds. The van der Waals surface area contributed by atoms with Gasteiger partial charge in [0.1, 0.15) is 17.3 Å². The van der Waals surface area contributed by atoms with E-state index in [1.165, 1.54) is 24.8 Å². The summed E-state index contributed by atoms with van der Waals surface area (Å²) in [5, 5.41) is 6.16. The number of benzene rings is 1. The predicted octanol–water partition coefficient (Wildman–Crippen LogP) is 3.15. The molecular formula is C25H25N5O5S. The number of aromatic nitrogens is 3. The van der Waals surface area contributed by atoms with E-state index in [4.69, 9.17) is 9.15 Å². The molecule has 0 spiro atoms. The fourth-order valence-corrected chi connectivity index (χ4v) is 5.31. The first kappa shape index (κ1) is 23.7. The van der Waals surface area contributed by atoms with Crippen LogP contribution in [0.25, 0.3) is 11.0 Å². The summed E-state index contributed by atoms with van der Waals surface area (Å²) in [6, 6.07) is 8.48. The van der Waals surface area contributed by atoms with Crippen molar-refractivity contribution in [1.82, 2.24) is 25.2 Å². The van der Waals surface area contributed by atoms with Crippen LogP contribution in [-0.4, -0.2) is 63.9 Å². The van der Waals surface area contributed by atoms with Gasteiger partial charge in [0.25, 0.3) is 11.8 Å². The van der Waals surface area contributed by atoms with Gasteiger partial charge in [0.05, 0.1) is 18.4 Å². The minimum atomic E-state index is -0.861. The largest absolute Gasteiger partial charge is 0.467 e. The molecule has 4 heterocycles. The number of nitrogens with one attached hydrogen (secondary N) is 2. The van der Waals surface area contributed by atoms with E-state index < -0.39 is 17.9 Å². The third kappa shape index (κ3) is 5.01. The molecule has 1 aliphatic heterocycles. The van der Waals surface area contributed by atoms with Crippen LogP contribution in [0, 0.1) is 0 Å². The van der Waals surface area contributed by atoms with Crippen LogP contribution in [0.4, 0.5) is 0 Å². The van der Waals surface area contributed by atoms with Gasteiger partial charge in [0.15, 0.2) is 5.76 Å². The van der Waals surface area contributed by atoms with Crippen molar-refractivity contribution in [1.29, 1.82) is 0 Å². The molecule has 11 heteroatoms. The van der Waals surface area contributed by atoms with Gasteiger partial charge in [-0.15, -0.1) is 11.3 Å². The number of rotatable bonds is 7. The van der Waals surface area contributed by atoms with Crippen molar-refractivity contribution in [3.05, 3.63) is 70.4 Å². The van der Waals surface area contributed by atoms with Crippen LogP contribution >= 0.6 is 11.3 Å². The van der Waals surface area contributed by atoms with Crippen LogP contribution in [0.1, 0.15) is 50.5 Å². The molecule has 1 atom stereocenters. The Morgan fingerprint density at radius 2 is 2.08 bits per heavy atom. The summed E-state index contributed by atoms with van der Waals surface area (Å²) in [6.07, 6.45) is 4.81. The minimum absolute atomic E-state index is 0.116. The predicted molar refractivity (Wildman–Crippen MR) is 132 cm³/mol.